The van der Waals surface area contributed by atoms with Gasteiger partial charge in [0.15, 0.2) is 0 Å². The van der Waals surface area contributed by atoms with Crippen LogP contribution < -0.4 is 5.32 Å². The second-order valence-corrected chi connectivity index (χ2v) is 7.59. The Bertz CT molecular complexity index is 456. The van der Waals surface area contributed by atoms with E-state index in [1.807, 2.05) is 24.8 Å². The van der Waals surface area contributed by atoms with E-state index < -0.39 is 5.54 Å². The molecule has 4 heteroatoms. The number of nitriles is 1. The number of nitrogens with one attached hydrogen (secondary N) is 1. The minimum Gasteiger partial charge on any atom is -0.297 e. The molecule has 1 rings (SSSR count). The monoisotopic (exact) mass is 354 g/mol. The molecule has 0 spiro atoms. The number of halogens is 1. The second-order valence-electron chi connectivity index (χ2n) is 5.51. The molecule has 1 aromatic rings. The predicted molar refractivity (Wildman–Crippen MR) is 91.0 cm³/mol. The Hall–Kier alpha value is -0.500. The van der Waals surface area contributed by atoms with Crippen LogP contribution in [0.15, 0.2) is 33.6 Å². The van der Waals surface area contributed by atoms with Gasteiger partial charge in [-0.25, -0.2) is 0 Å². The van der Waals surface area contributed by atoms with Crippen LogP contribution in [0, 0.1) is 11.3 Å². The molecule has 0 saturated heterocycles. The SMILES string of the molecule is CC(C)NC(C)(C#N)CCCCSc1cccc(Br)c1. The van der Waals surface area contributed by atoms with E-state index in [0.29, 0.717) is 6.04 Å². The molecule has 20 heavy (non-hydrogen) atoms. The first-order valence-electron chi connectivity index (χ1n) is 7.02. The maximum absolute atomic E-state index is 9.28. The van der Waals surface area contributed by atoms with E-state index in [9.17, 15) is 5.26 Å². The number of rotatable bonds is 8. The summed E-state index contributed by atoms with van der Waals surface area (Å²) in [6.45, 7) is 6.16. The summed E-state index contributed by atoms with van der Waals surface area (Å²) in [5.41, 5.74) is -0.394. The van der Waals surface area contributed by atoms with Crippen LogP contribution in [0.2, 0.25) is 0 Å². The molecule has 110 valence electrons. The molecule has 0 aromatic heterocycles. The number of hydrogen-bond acceptors (Lipinski definition) is 3. The number of benzene rings is 1. The van der Waals surface area contributed by atoms with Gasteiger partial charge in [-0.2, -0.15) is 5.26 Å². The lowest BCUT2D eigenvalue weighted by Gasteiger charge is -2.25. The molecule has 0 amide bonds. The standard InChI is InChI=1S/C16H23BrN2S/c1-13(2)19-16(3,12-18)9-4-5-10-20-15-8-6-7-14(17)11-15/h6-8,11,13,19H,4-5,9-10H2,1-3H3. The van der Waals surface area contributed by atoms with Gasteiger partial charge in [0.25, 0.3) is 0 Å². The molecule has 1 N–H and O–H groups in total. The molecule has 0 aliphatic heterocycles. The van der Waals surface area contributed by atoms with Crippen LogP contribution >= 0.6 is 27.7 Å². The molecule has 0 heterocycles. The normalized spacial score (nSPS) is 14.0. The van der Waals surface area contributed by atoms with Gasteiger partial charge >= 0.3 is 0 Å². The lowest BCUT2D eigenvalue weighted by molar-refractivity contribution is 0.372. The highest BCUT2D eigenvalue weighted by atomic mass is 79.9. The number of unbranched alkanes of at least 4 members (excludes halogenated alkanes) is 1. The Morgan fingerprint density at radius 2 is 2.15 bits per heavy atom. The summed E-state index contributed by atoms with van der Waals surface area (Å²) >= 11 is 5.36. The topological polar surface area (TPSA) is 35.8 Å². The van der Waals surface area contributed by atoms with Gasteiger partial charge in [-0.05, 0) is 64.0 Å². The van der Waals surface area contributed by atoms with Gasteiger partial charge < -0.3 is 0 Å². The zero-order valence-corrected chi connectivity index (χ0v) is 14.9. The van der Waals surface area contributed by atoms with Crippen molar-refractivity contribution in [2.24, 2.45) is 0 Å². The second kappa shape index (κ2) is 8.71. The fraction of sp³-hybridized carbons (Fsp3) is 0.562. The maximum Gasteiger partial charge on any atom is 0.104 e. The zero-order valence-electron chi connectivity index (χ0n) is 12.4. The smallest absolute Gasteiger partial charge is 0.104 e. The summed E-state index contributed by atoms with van der Waals surface area (Å²) in [5, 5.41) is 12.6. The van der Waals surface area contributed by atoms with Crippen LogP contribution in [-0.2, 0) is 0 Å². The molecule has 0 radical (unpaired) electrons. The largest absolute Gasteiger partial charge is 0.297 e. The van der Waals surface area contributed by atoms with E-state index in [4.69, 9.17) is 0 Å². The highest BCUT2D eigenvalue weighted by Gasteiger charge is 2.23. The van der Waals surface area contributed by atoms with Crippen LogP contribution in [0.1, 0.15) is 40.0 Å². The van der Waals surface area contributed by atoms with Gasteiger partial charge in [-0.1, -0.05) is 22.0 Å². The number of nitrogens with zero attached hydrogens (tertiary/aromatic N) is 1. The molecule has 1 unspecified atom stereocenters. The minimum atomic E-state index is -0.394. The molecule has 0 aliphatic carbocycles. The summed E-state index contributed by atoms with van der Waals surface area (Å²) in [5.74, 6) is 1.10. The van der Waals surface area contributed by atoms with Crippen LogP contribution in [0.5, 0.6) is 0 Å². The van der Waals surface area contributed by atoms with Gasteiger partial charge in [0, 0.05) is 15.4 Å². The van der Waals surface area contributed by atoms with Gasteiger partial charge in [0.05, 0.1) is 6.07 Å². The molecular weight excluding hydrogens is 332 g/mol. The Kier molecular flexibility index (Phi) is 7.65. The fourth-order valence-corrected chi connectivity index (χ4v) is 3.64. The highest BCUT2D eigenvalue weighted by molar-refractivity contribution is 9.10. The van der Waals surface area contributed by atoms with Gasteiger partial charge in [-0.3, -0.25) is 5.32 Å². The van der Waals surface area contributed by atoms with Crippen molar-refractivity contribution < 1.29 is 0 Å². The molecular formula is C16H23BrN2S. The summed E-state index contributed by atoms with van der Waals surface area (Å²) < 4.78 is 1.13. The van der Waals surface area contributed by atoms with Crippen molar-refractivity contribution in [2.45, 2.75) is 56.5 Å². The molecule has 1 atom stereocenters. The predicted octanol–water partition coefficient (Wildman–Crippen LogP) is 4.99. The molecule has 1 aromatic carbocycles. The van der Waals surface area contributed by atoms with E-state index in [2.05, 4.69) is 59.4 Å². The van der Waals surface area contributed by atoms with Crippen molar-refractivity contribution in [3.63, 3.8) is 0 Å². The summed E-state index contributed by atoms with van der Waals surface area (Å²) in [6, 6.07) is 11.1. The third-order valence-corrected chi connectivity index (χ3v) is 4.56. The lowest BCUT2D eigenvalue weighted by Crippen LogP contribution is -2.44. The Morgan fingerprint density at radius 3 is 2.75 bits per heavy atom. The quantitative estimate of drug-likeness (QED) is 0.527. The fourth-order valence-electron chi connectivity index (χ4n) is 2.12. The number of hydrogen-bond donors (Lipinski definition) is 1. The Morgan fingerprint density at radius 1 is 1.40 bits per heavy atom. The summed E-state index contributed by atoms with van der Waals surface area (Å²) in [6.07, 6.45) is 3.11. The first-order chi connectivity index (χ1) is 9.45. The average Bonchev–Trinajstić information content (AvgIpc) is 2.37. The van der Waals surface area contributed by atoms with Gasteiger partial charge in [0.1, 0.15) is 5.54 Å². The molecule has 0 fully saturated rings. The van der Waals surface area contributed by atoms with Gasteiger partial charge in [-0.15, -0.1) is 11.8 Å². The molecule has 0 saturated carbocycles. The Labute approximate surface area is 135 Å². The first-order valence-corrected chi connectivity index (χ1v) is 8.80. The van der Waals surface area contributed by atoms with Crippen molar-refractivity contribution in [1.29, 1.82) is 5.26 Å². The highest BCUT2D eigenvalue weighted by Crippen LogP contribution is 2.24. The molecule has 0 aliphatic rings. The van der Waals surface area contributed by atoms with Crippen molar-refractivity contribution in [2.75, 3.05) is 5.75 Å². The van der Waals surface area contributed by atoms with E-state index in [0.717, 1.165) is 29.5 Å². The molecule has 0 bridgehead atoms. The average molecular weight is 355 g/mol. The van der Waals surface area contributed by atoms with Crippen LogP contribution in [0.25, 0.3) is 0 Å². The van der Waals surface area contributed by atoms with Gasteiger partial charge in [0.2, 0.25) is 0 Å². The summed E-state index contributed by atoms with van der Waals surface area (Å²) in [4.78, 5) is 1.29. The van der Waals surface area contributed by atoms with E-state index >= 15 is 0 Å². The van der Waals surface area contributed by atoms with Crippen molar-refractivity contribution >= 4 is 27.7 Å². The number of thioether (sulfide) groups is 1. The third kappa shape index (κ3) is 6.78. The van der Waals surface area contributed by atoms with Crippen LogP contribution in [0.3, 0.4) is 0 Å². The Balaban J connectivity index is 2.26. The zero-order chi connectivity index (χ0) is 15.0. The van der Waals surface area contributed by atoms with Crippen LogP contribution in [-0.4, -0.2) is 17.3 Å². The van der Waals surface area contributed by atoms with Crippen molar-refractivity contribution in [1.82, 2.24) is 5.32 Å². The lowest BCUT2D eigenvalue weighted by atomic mass is 9.96. The van der Waals surface area contributed by atoms with Crippen LogP contribution in [0.4, 0.5) is 0 Å². The van der Waals surface area contributed by atoms with Crippen molar-refractivity contribution in [3.05, 3.63) is 28.7 Å². The van der Waals surface area contributed by atoms with E-state index in [1.165, 1.54) is 4.90 Å². The third-order valence-electron chi connectivity index (χ3n) is 2.99. The maximum atomic E-state index is 9.28. The van der Waals surface area contributed by atoms with Crippen molar-refractivity contribution in [3.8, 4) is 6.07 Å². The van der Waals surface area contributed by atoms with E-state index in [-0.39, 0.29) is 0 Å². The summed E-state index contributed by atoms with van der Waals surface area (Å²) in [7, 11) is 0. The first kappa shape index (κ1) is 17.6. The van der Waals surface area contributed by atoms with E-state index in [1.54, 1.807) is 0 Å². The molecule has 2 nitrogen and oxygen atoms in total. The minimum absolute atomic E-state index is 0.343.